The van der Waals surface area contributed by atoms with Crippen molar-refractivity contribution < 1.29 is 27.5 Å². The van der Waals surface area contributed by atoms with Crippen LogP contribution in [0.2, 0.25) is 0 Å². The summed E-state index contributed by atoms with van der Waals surface area (Å²) in [6, 6.07) is 25.8. The van der Waals surface area contributed by atoms with Crippen molar-refractivity contribution in [2.45, 2.75) is 19.0 Å². The minimum atomic E-state index is -4.41. The Bertz CT molecular complexity index is 2520. The number of carbonyl (C=O) groups excluding carboxylic acids is 2. The summed E-state index contributed by atoms with van der Waals surface area (Å²) in [5.41, 5.74) is 26.7. The summed E-state index contributed by atoms with van der Waals surface area (Å²) in [7, 11) is 1.59. The van der Waals surface area contributed by atoms with Gasteiger partial charge in [-0.3, -0.25) is 9.59 Å². The maximum absolute atomic E-state index is 12.6. The number of aromatic nitrogens is 4. The smallest absolute Gasteiger partial charge is 0.416 e. The van der Waals surface area contributed by atoms with Crippen LogP contribution in [0.4, 0.5) is 47.8 Å². The van der Waals surface area contributed by atoms with E-state index in [1.165, 1.54) is 24.8 Å². The van der Waals surface area contributed by atoms with Crippen molar-refractivity contribution >= 4 is 46.5 Å². The number of nitrogens with one attached hydrogen (secondary N) is 2. The SMILES string of the molecule is COc1cccc(CC(=O)Nc2cccc(C#Cc3c(N)ncnc3N)c2)c1.Nc1ncnc(N)c1C#Cc1cccc(NC(=O)Cc2ccc(C(F)(F)F)cc2)c1. The number of halogens is 3. The first-order chi connectivity index (χ1) is 27.8. The topological polar surface area (TPSA) is 223 Å². The largest absolute Gasteiger partial charge is 0.497 e. The molecule has 0 unspecified atom stereocenters. The number of nitrogens with two attached hydrogens (primary N) is 4. The summed E-state index contributed by atoms with van der Waals surface area (Å²) in [6.07, 6.45) is -1.72. The Kier molecular flexibility index (Phi) is 13.4. The van der Waals surface area contributed by atoms with Gasteiger partial charge in [0.05, 0.1) is 25.5 Å². The first-order valence-corrected chi connectivity index (χ1v) is 17.1. The van der Waals surface area contributed by atoms with Crippen molar-refractivity contribution in [3.05, 3.63) is 149 Å². The number of amides is 2. The Hall–Kier alpha value is -8.11. The van der Waals surface area contributed by atoms with Crippen molar-refractivity contribution in [2.75, 3.05) is 40.7 Å². The molecule has 6 aromatic rings. The highest BCUT2D eigenvalue weighted by Gasteiger charge is 2.30. The molecular weight excluding hydrogens is 750 g/mol. The number of hydrogen-bond acceptors (Lipinski definition) is 11. The summed E-state index contributed by atoms with van der Waals surface area (Å²) < 4.78 is 43.0. The number of hydrogen-bond donors (Lipinski definition) is 6. The number of anilines is 6. The molecule has 0 aliphatic heterocycles. The molecule has 292 valence electrons. The first-order valence-electron chi connectivity index (χ1n) is 17.1. The maximum Gasteiger partial charge on any atom is 0.416 e. The normalized spacial score (nSPS) is 10.3. The summed E-state index contributed by atoms with van der Waals surface area (Å²) in [4.78, 5) is 40.0. The molecule has 4 aromatic carbocycles. The molecule has 10 N–H and O–H groups in total. The predicted molar refractivity (Wildman–Crippen MR) is 216 cm³/mol. The van der Waals surface area contributed by atoms with E-state index in [9.17, 15) is 22.8 Å². The van der Waals surface area contributed by atoms with Crippen LogP contribution in [0, 0.1) is 23.7 Å². The second-order valence-electron chi connectivity index (χ2n) is 12.2. The number of benzene rings is 4. The third-order valence-electron chi connectivity index (χ3n) is 7.91. The lowest BCUT2D eigenvalue weighted by Gasteiger charge is -2.08. The third kappa shape index (κ3) is 11.9. The number of methoxy groups -OCH3 is 1. The molecule has 0 atom stereocenters. The monoisotopic (exact) mass is 784 g/mol. The molecule has 0 saturated heterocycles. The zero-order valence-corrected chi connectivity index (χ0v) is 30.8. The van der Waals surface area contributed by atoms with E-state index < -0.39 is 11.7 Å². The van der Waals surface area contributed by atoms with E-state index in [1.54, 1.807) is 49.6 Å². The van der Waals surface area contributed by atoms with Gasteiger partial charge in [0.25, 0.3) is 0 Å². The molecule has 2 aromatic heterocycles. The highest BCUT2D eigenvalue weighted by Crippen LogP contribution is 2.29. The Morgan fingerprint density at radius 3 is 1.50 bits per heavy atom. The number of carbonyl (C=O) groups is 2. The molecule has 6 rings (SSSR count). The van der Waals surface area contributed by atoms with Crippen LogP contribution in [0.25, 0.3) is 0 Å². The molecule has 2 amide bonds. The van der Waals surface area contributed by atoms with Gasteiger partial charge in [-0.05, 0) is 71.8 Å². The minimum Gasteiger partial charge on any atom is -0.497 e. The van der Waals surface area contributed by atoms with Gasteiger partial charge in [0.1, 0.15) is 52.8 Å². The lowest BCUT2D eigenvalue weighted by molar-refractivity contribution is -0.137. The van der Waals surface area contributed by atoms with Crippen LogP contribution < -0.4 is 38.3 Å². The van der Waals surface area contributed by atoms with Crippen LogP contribution in [-0.4, -0.2) is 38.9 Å². The van der Waals surface area contributed by atoms with Crippen LogP contribution in [0.5, 0.6) is 5.75 Å². The van der Waals surface area contributed by atoms with E-state index in [2.05, 4.69) is 54.3 Å². The molecule has 0 fully saturated rings. The lowest BCUT2D eigenvalue weighted by Crippen LogP contribution is -2.14. The fourth-order valence-electron chi connectivity index (χ4n) is 5.08. The maximum atomic E-state index is 12.6. The Morgan fingerprint density at radius 2 is 1.05 bits per heavy atom. The van der Waals surface area contributed by atoms with E-state index in [0.717, 1.165) is 17.7 Å². The molecular formula is C42H35F3N10O3. The predicted octanol–water partition coefficient (Wildman–Crippen LogP) is 5.47. The van der Waals surface area contributed by atoms with Crippen LogP contribution in [0.15, 0.2) is 110 Å². The number of nitrogen functional groups attached to an aromatic ring is 4. The first kappa shape index (κ1) is 41.1. The van der Waals surface area contributed by atoms with Crippen molar-refractivity contribution in [3.63, 3.8) is 0 Å². The van der Waals surface area contributed by atoms with Gasteiger partial charge in [0.15, 0.2) is 0 Å². The zero-order valence-electron chi connectivity index (χ0n) is 30.8. The summed E-state index contributed by atoms with van der Waals surface area (Å²) >= 11 is 0. The summed E-state index contributed by atoms with van der Waals surface area (Å²) in [5.74, 6) is 12.5. The third-order valence-corrected chi connectivity index (χ3v) is 7.91. The number of ether oxygens (including phenoxy) is 1. The van der Waals surface area contributed by atoms with Crippen LogP contribution in [0.3, 0.4) is 0 Å². The molecule has 0 radical (unpaired) electrons. The molecule has 0 aliphatic rings. The van der Waals surface area contributed by atoms with Gasteiger partial charge in [-0.2, -0.15) is 13.2 Å². The standard InChI is InChI=1S/C21H16F3N5O.C21H19N5O2/c22-21(23,24)15-7-4-14(5-8-15)11-18(30)29-16-3-1-2-13(10-16)6-9-17-19(25)27-12-28-20(17)26;1-28-17-7-3-5-15(11-17)12-19(27)26-16-6-2-4-14(10-16)8-9-18-20(22)24-13-25-21(18)23/h1-5,7-8,10,12H,11H2,(H,29,30)(H4,25,26,27,28);2-7,10-11,13H,12H2,1H3,(H,26,27)(H4,22,23,24,25). The van der Waals surface area contributed by atoms with Crippen molar-refractivity contribution in [1.29, 1.82) is 0 Å². The van der Waals surface area contributed by atoms with Gasteiger partial charge in [-0.15, -0.1) is 0 Å². The number of rotatable bonds is 7. The van der Waals surface area contributed by atoms with Gasteiger partial charge in [-0.1, -0.05) is 60.1 Å². The molecule has 0 spiro atoms. The van der Waals surface area contributed by atoms with E-state index >= 15 is 0 Å². The summed E-state index contributed by atoms with van der Waals surface area (Å²) in [6.45, 7) is 0. The van der Waals surface area contributed by atoms with Crippen molar-refractivity contribution in [1.82, 2.24) is 19.9 Å². The Labute approximate surface area is 331 Å². The molecule has 58 heavy (non-hydrogen) atoms. The van der Waals surface area contributed by atoms with Gasteiger partial charge in [0, 0.05) is 22.5 Å². The zero-order chi connectivity index (χ0) is 41.7. The fraction of sp³-hybridized carbons (Fsp3) is 0.0952. The highest BCUT2D eigenvalue weighted by atomic mass is 19.4. The van der Waals surface area contributed by atoms with E-state index in [-0.39, 0.29) is 47.9 Å². The Morgan fingerprint density at radius 1 is 0.603 bits per heavy atom. The molecule has 2 heterocycles. The van der Waals surface area contributed by atoms with Crippen molar-refractivity contribution in [3.8, 4) is 29.4 Å². The highest BCUT2D eigenvalue weighted by molar-refractivity contribution is 5.93. The van der Waals surface area contributed by atoms with Gasteiger partial charge >= 0.3 is 6.18 Å². The minimum absolute atomic E-state index is 0.0670. The Balaban J connectivity index is 0.000000221. The molecule has 0 aliphatic carbocycles. The molecule has 16 heteroatoms. The van der Waals surface area contributed by atoms with Crippen LogP contribution in [-0.2, 0) is 28.6 Å². The molecule has 13 nitrogen and oxygen atoms in total. The fourth-order valence-corrected chi connectivity index (χ4v) is 5.08. The van der Waals surface area contributed by atoms with E-state index in [4.69, 9.17) is 27.7 Å². The van der Waals surface area contributed by atoms with Gasteiger partial charge < -0.3 is 38.3 Å². The van der Waals surface area contributed by atoms with E-state index in [0.29, 0.717) is 44.9 Å². The van der Waals surface area contributed by atoms with Crippen molar-refractivity contribution in [2.24, 2.45) is 0 Å². The average Bonchev–Trinajstić information content (AvgIpc) is 3.18. The average molecular weight is 785 g/mol. The van der Waals surface area contributed by atoms with Gasteiger partial charge in [0.2, 0.25) is 11.8 Å². The second kappa shape index (κ2) is 19.0. The lowest BCUT2D eigenvalue weighted by atomic mass is 10.1. The van der Waals surface area contributed by atoms with Crippen LogP contribution >= 0.6 is 0 Å². The van der Waals surface area contributed by atoms with Gasteiger partial charge in [-0.25, -0.2) is 19.9 Å². The molecule has 0 bridgehead atoms. The summed E-state index contributed by atoms with van der Waals surface area (Å²) in [5, 5.41) is 5.56. The quantitative estimate of drug-likeness (QED) is 0.111. The molecule has 0 saturated carbocycles. The number of nitrogens with zero attached hydrogens (tertiary/aromatic N) is 4. The number of alkyl halides is 3. The second-order valence-corrected chi connectivity index (χ2v) is 12.2. The van der Waals surface area contributed by atoms with Crippen LogP contribution in [0.1, 0.15) is 38.9 Å². The van der Waals surface area contributed by atoms with E-state index in [1.807, 2.05) is 30.3 Å².